The van der Waals surface area contributed by atoms with Gasteiger partial charge >= 0.3 is 5.97 Å². The van der Waals surface area contributed by atoms with E-state index in [1.807, 2.05) is 0 Å². The van der Waals surface area contributed by atoms with E-state index < -0.39 is 5.97 Å². The number of carboxylic acid groups (broad SMARTS) is 1. The van der Waals surface area contributed by atoms with Crippen molar-refractivity contribution in [3.05, 3.63) is 28.8 Å². The van der Waals surface area contributed by atoms with Crippen molar-refractivity contribution in [3.8, 4) is 0 Å². The molecule has 0 saturated heterocycles. The molecule has 3 unspecified atom stereocenters. The van der Waals surface area contributed by atoms with Crippen LogP contribution in [0.5, 0.6) is 0 Å². The van der Waals surface area contributed by atoms with Crippen LogP contribution in [0.3, 0.4) is 0 Å². The maximum atomic E-state index is 12.3. The van der Waals surface area contributed by atoms with Gasteiger partial charge in [0.25, 0.3) is 0 Å². The maximum absolute atomic E-state index is 12.3. The van der Waals surface area contributed by atoms with Crippen molar-refractivity contribution in [2.45, 2.75) is 25.7 Å². The summed E-state index contributed by atoms with van der Waals surface area (Å²) in [4.78, 5) is 23.3. The van der Waals surface area contributed by atoms with Crippen LogP contribution in [0.15, 0.2) is 18.2 Å². The normalized spacial score (nSPS) is 27.6. The van der Waals surface area contributed by atoms with E-state index >= 15 is 0 Å². The van der Waals surface area contributed by atoms with Crippen molar-refractivity contribution >= 4 is 29.2 Å². The van der Waals surface area contributed by atoms with Gasteiger partial charge in [-0.2, -0.15) is 0 Å². The van der Waals surface area contributed by atoms with Gasteiger partial charge in [0, 0.05) is 16.6 Å². The molecule has 4 nitrogen and oxygen atoms in total. The molecule has 2 bridgehead atoms. The number of carbonyl (C=O) groups is 2. The van der Waals surface area contributed by atoms with Gasteiger partial charge in [-0.25, -0.2) is 4.79 Å². The topological polar surface area (TPSA) is 66.4 Å². The minimum atomic E-state index is -1.05. The van der Waals surface area contributed by atoms with Gasteiger partial charge in [0.05, 0.1) is 5.56 Å². The minimum absolute atomic E-state index is 0.00388. The van der Waals surface area contributed by atoms with Crippen LogP contribution in [0.2, 0.25) is 5.02 Å². The summed E-state index contributed by atoms with van der Waals surface area (Å²) in [6.07, 6.45) is 4.50. The lowest BCUT2D eigenvalue weighted by Gasteiger charge is -2.20. The van der Waals surface area contributed by atoms with Gasteiger partial charge in [-0.15, -0.1) is 0 Å². The Kier molecular flexibility index (Phi) is 3.42. The number of benzene rings is 1. The predicted molar refractivity (Wildman–Crippen MR) is 76.0 cm³/mol. The maximum Gasteiger partial charge on any atom is 0.335 e. The minimum Gasteiger partial charge on any atom is -0.478 e. The zero-order chi connectivity index (χ0) is 14.3. The Morgan fingerprint density at radius 3 is 2.60 bits per heavy atom. The van der Waals surface area contributed by atoms with E-state index in [9.17, 15) is 9.59 Å². The monoisotopic (exact) mass is 293 g/mol. The second-order valence-corrected chi connectivity index (χ2v) is 6.24. The van der Waals surface area contributed by atoms with Crippen molar-refractivity contribution in [1.29, 1.82) is 0 Å². The van der Waals surface area contributed by atoms with Crippen LogP contribution in [-0.2, 0) is 4.79 Å². The summed E-state index contributed by atoms with van der Waals surface area (Å²) < 4.78 is 0. The first-order valence-electron chi connectivity index (χ1n) is 6.87. The van der Waals surface area contributed by atoms with Gasteiger partial charge in [0.15, 0.2) is 0 Å². The van der Waals surface area contributed by atoms with E-state index in [1.165, 1.54) is 18.6 Å². The molecule has 1 amide bonds. The number of hydrogen-bond acceptors (Lipinski definition) is 2. The molecule has 5 heteroatoms. The molecule has 20 heavy (non-hydrogen) atoms. The Morgan fingerprint density at radius 1 is 1.20 bits per heavy atom. The number of fused-ring (bicyclic) bond motifs is 2. The lowest BCUT2D eigenvalue weighted by atomic mass is 9.88. The van der Waals surface area contributed by atoms with Crippen LogP contribution >= 0.6 is 11.6 Å². The summed E-state index contributed by atoms with van der Waals surface area (Å²) in [5, 5.41) is 12.1. The van der Waals surface area contributed by atoms with Gasteiger partial charge in [0.2, 0.25) is 5.91 Å². The summed E-state index contributed by atoms with van der Waals surface area (Å²) in [5.74, 6) is 0.211. The van der Waals surface area contributed by atoms with Crippen LogP contribution in [0, 0.1) is 17.8 Å². The van der Waals surface area contributed by atoms with Crippen molar-refractivity contribution in [1.82, 2.24) is 0 Å². The van der Waals surface area contributed by atoms with Crippen LogP contribution < -0.4 is 5.32 Å². The number of anilines is 1. The van der Waals surface area contributed by atoms with Crippen LogP contribution in [0.25, 0.3) is 0 Å². The molecular formula is C15H16ClNO3. The number of halogens is 1. The summed E-state index contributed by atoms with van der Waals surface area (Å²) in [7, 11) is 0. The number of nitrogens with one attached hydrogen (secondary N) is 1. The Morgan fingerprint density at radius 2 is 2.00 bits per heavy atom. The molecule has 0 spiro atoms. The first-order chi connectivity index (χ1) is 9.52. The quantitative estimate of drug-likeness (QED) is 0.897. The predicted octanol–water partition coefficient (Wildman–Crippen LogP) is 3.41. The highest BCUT2D eigenvalue weighted by molar-refractivity contribution is 6.31. The third kappa shape index (κ3) is 2.52. The standard InChI is InChI=1S/C15H16ClNO3/c16-11-5-10(15(19)20)6-12(7-11)17-14(18)13-4-8-1-2-9(13)3-8/h5-9,13H,1-4H2,(H,17,18)(H,19,20). The smallest absolute Gasteiger partial charge is 0.335 e. The van der Waals surface area contributed by atoms with Crippen LogP contribution in [0.4, 0.5) is 5.69 Å². The van der Waals surface area contributed by atoms with E-state index in [-0.39, 0.29) is 17.4 Å². The molecule has 2 N–H and O–H groups in total. The molecule has 1 aromatic carbocycles. The molecule has 2 fully saturated rings. The van der Waals surface area contributed by atoms with E-state index in [2.05, 4.69) is 5.32 Å². The van der Waals surface area contributed by atoms with E-state index in [0.29, 0.717) is 22.5 Å². The van der Waals surface area contributed by atoms with Crippen LogP contribution in [-0.4, -0.2) is 17.0 Å². The van der Waals surface area contributed by atoms with Crippen LogP contribution in [0.1, 0.15) is 36.0 Å². The number of carbonyl (C=O) groups excluding carboxylic acids is 1. The van der Waals surface area contributed by atoms with Crippen molar-refractivity contribution in [3.63, 3.8) is 0 Å². The lowest BCUT2D eigenvalue weighted by molar-refractivity contribution is -0.121. The first kappa shape index (κ1) is 13.4. The SMILES string of the molecule is O=C(O)c1cc(Cl)cc(NC(=O)C2CC3CCC2C3)c1. The second kappa shape index (κ2) is 5.09. The molecule has 0 aromatic heterocycles. The van der Waals surface area contributed by atoms with Gasteiger partial charge < -0.3 is 10.4 Å². The number of aromatic carboxylic acids is 1. The average molecular weight is 294 g/mol. The van der Waals surface area contributed by atoms with Gasteiger partial charge in [-0.1, -0.05) is 18.0 Å². The highest BCUT2D eigenvalue weighted by Gasteiger charge is 2.43. The Balaban J connectivity index is 1.74. The van der Waals surface area contributed by atoms with Crippen molar-refractivity contribution in [2.24, 2.45) is 17.8 Å². The highest BCUT2D eigenvalue weighted by atomic mass is 35.5. The molecule has 2 aliphatic carbocycles. The Labute approximate surface area is 122 Å². The Hall–Kier alpha value is -1.55. The zero-order valence-corrected chi connectivity index (χ0v) is 11.7. The lowest BCUT2D eigenvalue weighted by Crippen LogP contribution is -2.27. The van der Waals surface area contributed by atoms with E-state index in [4.69, 9.17) is 16.7 Å². The molecule has 3 rings (SSSR count). The van der Waals surface area contributed by atoms with Gasteiger partial charge in [-0.05, 0) is 49.3 Å². The summed E-state index contributed by atoms with van der Waals surface area (Å²) in [6, 6.07) is 4.40. The third-order valence-corrected chi connectivity index (χ3v) is 4.71. The fraction of sp³-hybridized carbons (Fsp3) is 0.467. The summed E-state index contributed by atoms with van der Waals surface area (Å²) in [5.41, 5.74) is 0.545. The molecule has 0 aliphatic heterocycles. The average Bonchev–Trinajstić information content (AvgIpc) is 3.00. The molecule has 106 valence electrons. The first-order valence-corrected chi connectivity index (χ1v) is 7.25. The summed E-state index contributed by atoms with van der Waals surface area (Å²) in [6.45, 7) is 0. The second-order valence-electron chi connectivity index (χ2n) is 5.80. The molecule has 2 saturated carbocycles. The number of carboxylic acids is 1. The van der Waals surface area contributed by atoms with Crippen molar-refractivity contribution in [2.75, 3.05) is 5.32 Å². The van der Waals surface area contributed by atoms with E-state index in [1.54, 1.807) is 6.07 Å². The molecule has 0 heterocycles. The third-order valence-electron chi connectivity index (χ3n) is 4.49. The molecule has 0 radical (unpaired) electrons. The number of rotatable bonds is 3. The van der Waals surface area contributed by atoms with Crippen molar-refractivity contribution < 1.29 is 14.7 Å². The van der Waals surface area contributed by atoms with Gasteiger partial charge in [-0.3, -0.25) is 4.79 Å². The fourth-order valence-electron chi connectivity index (χ4n) is 3.59. The summed E-state index contributed by atoms with van der Waals surface area (Å²) >= 11 is 5.89. The fourth-order valence-corrected chi connectivity index (χ4v) is 3.82. The highest BCUT2D eigenvalue weighted by Crippen LogP contribution is 2.48. The number of amides is 1. The van der Waals surface area contributed by atoms with Gasteiger partial charge in [0.1, 0.15) is 0 Å². The Bertz CT molecular complexity index is 572. The van der Waals surface area contributed by atoms with E-state index in [0.717, 1.165) is 19.3 Å². The molecule has 1 aromatic rings. The largest absolute Gasteiger partial charge is 0.478 e. The molecular weight excluding hydrogens is 278 g/mol. The molecule has 3 atom stereocenters. The zero-order valence-electron chi connectivity index (χ0n) is 10.9. The number of hydrogen-bond donors (Lipinski definition) is 2. The molecule has 2 aliphatic rings.